The van der Waals surface area contributed by atoms with Gasteiger partial charge in [-0.15, -0.1) is 0 Å². The minimum atomic E-state index is -0.946. The predicted octanol–water partition coefficient (Wildman–Crippen LogP) is 2.77. The van der Waals surface area contributed by atoms with E-state index in [0.717, 1.165) is 5.56 Å². The maximum atomic E-state index is 12.4. The van der Waals surface area contributed by atoms with E-state index in [4.69, 9.17) is 9.47 Å². The van der Waals surface area contributed by atoms with E-state index in [0.29, 0.717) is 30.1 Å². The molecule has 0 saturated carbocycles. The van der Waals surface area contributed by atoms with E-state index >= 15 is 0 Å². The molecule has 2 rings (SSSR count). The number of ether oxygens (including phenoxy) is 2. The summed E-state index contributed by atoms with van der Waals surface area (Å²) in [5.41, 5.74) is 1.30. The molecule has 26 heavy (non-hydrogen) atoms. The minimum Gasteiger partial charge on any atom is -0.493 e. The quantitative estimate of drug-likeness (QED) is 0.721. The van der Waals surface area contributed by atoms with Crippen LogP contribution in [0.2, 0.25) is 0 Å². The summed E-state index contributed by atoms with van der Waals surface area (Å²) in [5, 5.41) is 12.1. The topological polar surface area (TPSA) is 84.9 Å². The fourth-order valence-electron chi connectivity index (χ4n) is 2.55. The first-order chi connectivity index (χ1) is 12.5. The van der Waals surface area contributed by atoms with Crippen LogP contribution >= 0.6 is 0 Å². The van der Waals surface area contributed by atoms with Gasteiger partial charge in [-0.05, 0) is 37.1 Å². The van der Waals surface area contributed by atoms with Gasteiger partial charge in [0, 0.05) is 12.1 Å². The Morgan fingerprint density at radius 1 is 1.12 bits per heavy atom. The smallest absolute Gasteiger partial charge is 0.308 e. The van der Waals surface area contributed by atoms with Crippen LogP contribution in [-0.2, 0) is 11.2 Å². The second-order valence-electron chi connectivity index (χ2n) is 5.73. The van der Waals surface area contributed by atoms with Gasteiger partial charge in [-0.1, -0.05) is 30.3 Å². The molecule has 2 aromatic rings. The van der Waals surface area contributed by atoms with Crippen molar-refractivity contribution in [2.45, 2.75) is 13.3 Å². The molecule has 1 unspecified atom stereocenters. The highest BCUT2D eigenvalue weighted by Crippen LogP contribution is 2.28. The molecule has 0 spiro atoms. The lowest BCUT2D eigenvalue weighted by molar-refractivity contribution is -0.141. The Morgan fingerprint density at radius 2 is 1.85 bits per heavy atom. The van der Waals surface area contributed by atoms with Gasteiger partial charge in [0.05, 0.1) is 19.6 Å². The first-order valence-corrected chi connectivity index (χ1v) is 8.41. The molecule has 0 aliphatic carbocycles. The SMILES string of the molecule is CCOc1ccc(C(=O)NCC(Cc2ccccc2)C(=O)O)cc1OC. The van der Waals surface area contributed by atoms with Crippen LogP contribution in [0.15, 0.2) is 48.5 Å². The fraction of sp³-hybridized carbons (Fsp3) is 0.300. The molecule has 1 atom stereocenters. The van der Waals surface area contributed by atoms with Crippen molar-refractivity contribution in [2.24, 2.45) is 5.92 Å². The average molecular weight is 357 g/mol. The van der Waals surface area contributed by atoms with Gasteiger partial charge in [-0.3, -0.25) is 9.59 Å². The Kier molecular flexibility index (Phi) is 7.02. The highest BCUT2D eigenvalue weighted by atomic mass is 16.5. The molecule has 0 bridgehead atoms. The molecule has 138 valence electrons. The third-order valence-corrected chi connectivity index (χ3v) is 3.91. The van der Waals surface area contributed by atoms with Crippen LogP contribution in [-0.4, -0.2) is 37.2 Å². The lowest BCUT2D eigenvalue weighted by atomic mass is 9.99. The highest BCUT2D eigenvalue weighted by Gasteiger charge is 2.20. The number of aliphatic carboxylic acids is 1. The summed E-state index contributed by atoms with van der Waals surface area (Å²) in [7, 11) is 1.50. The fourth-order valence-corrected chi connectivity index (χ4v) is 2.55. The van der Waals surface area contributed by atoms with E-state index in [9.17, 15) is 14.7 Å². The molecule has 0 saturated heterocycles. The lowest BCUT2D eigenvalue weighted by Crippen LogP contribution is -2.34. The number of hydrogen-bond donors (Lipinski definition) is 2. The van der Waals surface area contributed by atoms with Crippen LogP contribution in [0.5, 0.6) is 11.5 Å². The average Bonchev–Trinajstić information content (AvgIpc) is 2.66. The van der Waals surface area contributed by atoms with Gasteiger partial charge in [-0.2, -0.15) is 0 Å². The molecule has 0 fully saturated rings. The second kappa shape index (κ2) is 9.46. The van der Waals surface area contributed by atoms with Crippen LogP contribution in [0, 0.1) is 5.92 Å². The van der Waals surface area contributed by atoms with E-state index in [-0.39, 0.29) is 12.5 Å². The van der Waals surface area contributed by atoms with E-state index in [1.807, 2.05) is 37.3 Å². The van der Waals surface area contributed by atoms with Crippen molar-refractivity contribution in [1.82, 2.24) is 5.32 Å². The molecule has 6 nitrogen and oxygen atoms in total. The Morgan fingerprint density at radius 3 is 2.46 bits per heavy atom. The van der Waals surface area contributed by atoms with Crippen LogP contribution in [0.1, 0.15) is 22.8 Å². The largest absolute Gasteiger partial charge is 0.493 e. The summed E-state index contributed by atoms with van der Waals surface area (Å²) in [6, 6.07) is 14.2. The molecular formula is C20H23NO5. The van der Waals surface area contributed by atoms with Crippen molar-refractivity contribution in [3.05, 3.63) is 59.7 Å². The first kappa shape index (κ1) is 19.3. The van der Waals surface area contributed by atoms with E-state index in [1.54, 1.807) is 18.2 Å². The summed E-state index contributed by atoms with van der Waals surface area (Å²) >= 11 is 0. The molecule has 2 aromatic carbocycles. The maximum Gasteiger partial charge on any atom is 0.308 e. The lowest BCUT2D eigenvalue weighted by Gasteiger charge is -2.14. The molecule has 0 heterocycles. The number of carboxylic acids is 1. The molecule has 0 radical (unpaired) electrons. The Labute approximate surface area is 152 Å². The Hall–Kier alpha value is -3.02. The van der Waals surface area contributed by atoms with Crippen LogP contribution in [0.3, 0.4) is 0 Å². The van der Waals surface area contributed by atoms with Gasteiger partial charge >= 0.3 is 5.97 Å². The monoisotopic (exact) mass is 357 g/mol. The Balaban J connectivity index is 2.02. The first-order valence-electron chi connectivity index (χ1n) is 8.41. The van der Waals surface area contributed by atoms with Crippen molar-refractivity contribution in [1.29, 1.82) is 0 Å². The van der Waals surface area contributed by atoms with Gasteiger partial charge in [0.15, 0.2) is 11.5 Å². The standard InChI is InChI=1S/C20H23NO5/c1-3-26-17-10-9-15(12-18(17)25-2)19(22)21-13-16(20(23)24)11-14-7-5-4-6-8-14/h4-10,12,16H,3,11,13H2,1-2H3,(H,21,22)(H,23,24). The Bertz CT molecular complexity index is 745. The van der Waals surface area contributed by atoms with Crippen molar-refractivity contribution in [3.8, 4) is 11.5 Å². The molecule has 6 heteroatoms. The number of carbonyl (C=O) groups excluding carboxylic acids is 1. The minimum absolute atomic E-state index is 0.0403. The molecule has 0 aliphatic rings. The summed E-state index contributed by atoms with van der Waals surface area (Å²) in [5.74, 6) is -0.993. The zero-order chi connectivity index (χ0) is 18.9. The predicted molar refractivity (Wildman–Crippen MR) is 97.8 cm³/mol. The van der Waals surface area contributed by atoms with Gasteiger partial charge in [-0.25, -0.2) is 0 Å². The van der Waals surface area contributed by atoms with E-state index in [1.165, 1.54) is 7.11 Å². The van der Waals surface area contributed by atoms with Crippen molar-refractivity contribution in [2.75, 3.05) is 20.3 Å². The third-order valence-electron chi connectivity index (χ3n) is 3.91. The normalized spacial score (nSPS) is 11.5. The number of carboxylic acid groups (broad SMARTS) is 1. The van der Waals surface area contributed by atoms with E-state index in [2.05, 4.69) is 5.32 Å². The number of nitrogens with one attached hydrogen (secondary N) is 1. The summed E-state index contributed by atoms with van der Waals surface area (Å²) < 4.78 is 10.7. The number of benzene rings is 2. The molecular weight excluding hydrogens is 334 g/mol. The highest BCUT2D eigenvalue weighted by molar-refractivity contribution is 5.95. The van der Waals surface area contributed by atoms with Crippen molar-refractivity contribution < 1.29 is 24.2 Å². The van der Waals surface area contributed by atoms with E-state index < -0.39 is 11.9 Å². The molecule has 1 amide bonds. The number of rotatable bonds is 9. The molecule has 0 aromatic heterocycles. The molecule has 2 N–H and O–H groups in total. The number of carbonyl (C=O) groups is 2. The number of hydrogen-bond acceptors (Lipinski definition) is 4. The van der Waals surface area contributed by atoms with Crippen LogP contribution < -0.4 is 14.8 Å². The summed E-state index contributed by atoms with van der Waals surface area (Å²) in [4.78, 5) is 23.8. The van der Waals surface area contributed by atoms with Crippen LogP contribution in [0.25, 0.3) is 0 Å². The van der Waals surface area contributed by atoms with Crippen molar-refractivity contribution in [3.63, 3.8) is 0 Å². The summed E-state index contributed by atoms with van der Waals surface area (Å²) in [6.45, 7) is 2.39. The molecule has 0 aliphatic heterocycles. The zero-order valence-corrected chi connectivity index (χ0v) is 14.9. The van der Waals surface area contributed by atoms with Crippen molar-refractivity contribution >= 4 is 11.9 Å². The van der Waals surface area contributed by atoms with Gasteiger partial charge in [0.1, 0.15) is 0 Å². The third kappa shape index (κ3) is 5.24. The summed E-state index contributed by atoms with van der Waals surface area (Å²) in [6.07, 6.45) is 0.350. The van der Waals surface area contributed by atoms with Gasteiger partial charge < -0.3 is 19.9 Å². The van der Waals surface area contributed by atoms with Crippen LogP contribution in [0.4, 0.5) is 0 Å². The maximum absolute atomic E-state index is 12.4. The van der Waals surface area contributed by atoms with Gasteiger partial charge in [0.25, 0.3) is 5.91 Å². The number of amides is 1. The second-order valence-corrected chi connectivity index (χ2v) is 5.73. The number of methoxy groups -OCH3 is 1. The zero-order valence-electron chi connectivity index (χ0n) is 14.9. The van der Waals surface area contributed by atoms with Gasteiger partial charge in [0.2, 0.25) is 0 Å².